The Kier molecular flexibility index (Phi) is 4.74. The molecule has 1 aromatic heterocycles. The third-order valence-corrected chi connectivity index (χ3v) is 5.67. The van der Waals surface area contributed by atoms with E-state index in [1.807, 2.05) is 53.1 Å². The number of halogens is 6. The first-order valence-corrected chi connectivity index (χ1v) is 10.0. The molecule has 0 aliphatic rings. The Morgan fingerprint density at radius 3 is 1.64 bits per heavy atom. The van der Waals surface area contributed by atoms with E-state index in [9.17, 15) is 26.3 Å². The molecular formula is C26H15F6N. The van der Waals surface area contributed by atoms with E-state index in [0.717, 1.165) is 27.9 Å². The molecule has 1 heterocycles. The molecule has 5 aromatic rings. The minimum Gasteiger partial charge on any atom is -0.309 e. The summed E-state index contributed by atoms with van der Waals surface area (Å²) >= 11 is 0. The average Bonchev–Trinajstić information content (AvgIpc) is 3.12. The van der Waals surface area contributed by atoms with Gasteiger partial charge in [0, 0.05) is 16.3 Å². The van der Waals surface area contributed by atoms with E-state index in [2.05, 4.69) is 0 Å². The van der Waals surface area contributed by atoms with Crippen molar-refractivity contribution >= 4 is 21.8 Å². The second-order valence-electron chi connectivity index (χ2n) is 7.64. The van der Waals surface area contributed by atoms with Crippen LogP contribution in [0.3, 0.4) is 0 Å². The van der Waals surface area contributed by atoms with E-state index in [1.54, 1.807) is 18.2 Å². The van der Waals surface area contributed by atoms with Crippen LogP contribution in [-0.4, -0.2) is 4.57 Å². The lowest BCUT2D eigenvalue weighted by Crippen LogP contribution is -2.12. The van der Waals surface area contributed by atoms with Crippen molar-refractivity contribution in [2.45, 2.75) is 12.4 Å². The molecule has 7 heteroatoms. The van der Waals surface area contributed by atoms with E-state index >= 15 is 0 Å². The van der Waals surface area contributed by atoms with Crippen LogP contribution in [0.25, 0.3) is 38.6 Å². The summed E-state index contributed by atoms with van der Waals surface area (Å²) < 4.78 is 83.1. The number of alkyl halides is 6. The molecule has 0 unspecified atom stereocenters. The third kappa shape index (κ3) is 3.53. The fourth-order valence-electron chi connectivity index (χ4n) is 4.27. The summed E-state index contributed by atoms with van der Waals surface area (Å²) in [7, 11) is 0. The maximum atomic E-state index is 13.9. The van der Waals surface area contributed by atoms with Gasteiger partial charge >= 0.3 is 12.4 Å². The molecule has 0 saturated carbocycles. The van der Waals surface area contributed by atoms with Crippen molar-refractivity contribution in [1.29, 1.82) is 0 Å². The summed E-state index contributed by atoms with van der Waals surface area (Å²) in [5.74, 6) is 0. The van der Waals surface area contributed by atoms with Crippen molar-refractivity contribution in [2.24, 2.45) is 0 Å². The zero-order valence-corrected chi connectivity index (χ0v) is 16.9. The summed E-state index contributed by atoms with van der Waals surface area (Å²) in [6.07, 6.45) is -9.85. The van der Waals surface area contributed by atoms with Gasteiger partial charge in [0.15, 0.2) is 0 Å². The Balaban J connectivity index is 1.85. The summed E-state index contributed by atoms with van der Waals surface area (Å²) in [6, 6.07) is 23.2. The molecule has 0 bridgehead atoms. The minimum atomic E-state index is -4.97. The van der Waals surface area contributed by atoms with Crippen LogP contribution in [0.4, 0.5) is 26.3 Å². The predicted octanol–water partition coefficient (Wildman–Crippen LogP) is 8.49. The molecule has 0 spiro atoms. The molecule has 0 amide bonds. The first-order chi connectivity index (χ1) is 15.7. The molecule has 0 N–H and O–H groups in total. The van der Waals surface area contributed by atoms with Gasteiger partial charge in [0.2, 0.25) is 0 Å². The summed E-state index contributed by atoms with van der Waals surface area (Å²) in [5.41, 5.74) is -0.783. The number of rotatable bonds is 2. The number of aromatic nitrogens is 1. The van der Waals surface area contributed by atoms with Crippen molar-refractivity contribution in [1.82, 2.24) is 4.57 Å². The molecule has 0 fully saturated rings. The SMILES string of the molecule is FC(F)(F)c1ccc(-c2ccccc2-n2c3ccccc3c3ccccc32)c(C(F)(F)F)c1. The highest BCUT2D eigenvalue weighted by Crippen LogP contribution is 2.43. The minimum absolute atomic E-state index is 0.179. The van der Waals surface area contributed by atoms with Gasteiger partial charge in [-0.3, -0.25) is 0 Å². The van der Waals surface area contributed by atoms with E-state index in [-0.39, 0.29) is 17.2 Å². The topological polar surface area (TPSA) is 4.93 Å². The lowest BCUT2D eigenvalue weighted by Gasteiger charge is -2.19. The molecule has 0 aliphatic heterocycles. The molecule has 1 nitrogen and oxygen atoms in total. The zero-order valence-electron chi connectivity index (χ0n) is 16.9. The van der Waals surface area contributed by atoms with Gasteiger partial charge in [-0.1, -0.05) is 60.7 Å². The Labute approximate surface area is 184 Å². The van der Waals surface area contributed by atoms with Gasteiger partial charge in [0.25, 0.3) is 0 Å². The standard InChI is InChI=1S/C26H15F6N/c27-25(28,29)16-13-14-17(21(15-16)26(30,31)32)18-7-1-4-10-22(18)33-23-11-5-2-8-19(23)20-9-3-6-12-24(20)33/h1-15H. The van der Waals surface area contributed by atoms with Crippen molar-refractivity contribution < 1.29 is 26.3 Å². The fourth-order valence-corrected chi connectivity index (χ4v) is 4.27. The van der Waals surface area contributed by atoms with E-state index < -0.39 is 23.5 Å². The second kappa shape index (κ2) is 7.40. The smallest absolute Gasteiger partial charge is 0.309 e. The molecular weight excluding hydrogens is 440 g/mol. The molecule has 0 aliphatic carbocycles. The van der Waals surface area contributed by atoms with E-state index in [4.69, 9.17) is 0 Å². The molecule has 0 radical (unpaired) electrons. The maximum Gasteiger partial charge on any atom is 0.417 e. The van der Waals surface area contributed by atoms with Crippen molar-refractivity contribution in [3.63, 3.8) is 0 Å². The van der Waals surface area contributed by atoms with Crippen LogP contribution in [-0.2, 0) is 12.4 Å². The van der Waals surface area contributed by atoms with E-state index in [1.165, 1.54) is 6.07 Å². The molecule has 0 atom stereocenters. The summed E-state index contributed by atoms with van der Waals surface area (Å²) in [4.78, 5) is 0. The quantitative estimate of drug-likeness (QED) is 0.235. The monoisotopic (exact) mass is 455 g/mol. The lowest BCUT2D eigenvalue weighted by molar-refractivity contribution is -0.142. The largest absolute Gasteiger partial charge is 0.417 e. The second-order valence-corrected chi connectivity index (χ2v) is 7.64. The Morgan fingerprint density at radius 1 is 0.515 bits per heavy atom. The highest BCUT2D eigenvalue weighted by Gasteiger charge is 2.38. The zero-order chi connectivity index (χ0) is 23.4. The molecule has 33 heavy (non-hydrogen) atoms. The number of hydrogen-bond acceptors (Lipinski definition) is 0. The summed E-state index contributed by atoms with van der Waals surface area (Å²) in [6.45, 7) is 0. The Bertz CT molecular complexity index is 1440. The highest BCUT2D eigenvalue weighted by molar-refractivity contribution is 6.09. The first-order valence-electron chi connectivity index (χ1n) is 10.0. The van der Waals surface area contributed by atoms with Crippen LogP contribution in [0.2, 0.25) is 0 Å². The maximum absolute atomic E-state index is 13.9. The van der Waals surface area contributed by atoms with Crippen molar-refractivity contribution in [3.8, 4) is 16.8 Å². The van der Waals surface area contributed by atoms with Gasteiger partial charge < -0.3 is 4.57 Å². The number of nitrogens with zero attached hydrogens (tertiary/aromatic N) is 1. The van der Waals surface area contributed by atoms with Crippen LogP contribution in [0.5, 0.6) is 0 Å². The summed E-state index contributed by atoms with van der Waals surface area (Å²) in [5, 5.41) is 1.85. The first kappa shape index (κ1) is 21.1. The van der Waals surface area contributed by atoms with Gasteiger partial charge in [-0.2, -0.15) is 26.3 Å². The van der Waals surface area contributed by atoms with Crippen LogP contribution in [0, 0.1) is 0 Å². The molecule has 166 valence electrons. The van der Waals surface area contributed by atoms with Gasteiger partial charge in [-0.05, 0) is 35.9 Å². The number of para-hydroxylation sites is 3. The van der Waals surface area contributed by atoms with Crippen LogP contribution in [0.15, 0.2) is 91.0 Å². The van der Waals surface area contributed by atoms with Gasteiger partial charge in [0.05, 0.1) is 27.8 Å². The van der Waals surface area contributed by atoms with Crippen LogP contribution in [0.1, 0.15) is 11.1 Å². The lowest BCUT2D eigenvalue weighted by atomic mass is 9.95. The molecule has 5 rings (SSSR count). The van der Waals surface area contributed by atoms with Gasteiger partial charge in [-0.25, -0.2) is 0 Å². The average molecular weight is 455 g/mol. The number of benzene rings is 4. The van der Waals surface area contributed by atoms with Crippen molar-refractivity contribution in [3.05, 3.63) is 102 Å². The predicted molar refractivity (Wildman–Crippen MR) is 116 cm³/mol. The highest BCUT2D eigenvalue weighted by atomic mass is 19.4. The van der Waals surface area contributed by atoms with Gasteiger partial charge in [0.1, 0.15) is 0 Å². The van der Waals surface area contributed by atoms with Crippen molar-refractivity contribution in [2.75, 3.05) is 0 Å². The normalized spacial score (nSPS) is 12.5. The van der Waals surface area contributed by atoms with E-state index in [0.29, 0.717) is 11.8 Å². The third-order valence-electron chi connectivity index (χ3n) is 5.67. The number of hydrogen-bond donors (Lipinski definition) is 0. The Hall–Kier alpha value is -3.74. The van der Waals surface area contributed by atoms with Gasteiger partial charge in [-0.15, -0.1) is 0 Å². The Morgan fingerprint density at radius 2 is 1.06 bits per heavy atom. The number of fused-ring (bicyclic) bond motifs is 3. The fraction of sp³-hybridized carbons (Fsp3) is 0.0769. The van der Waals surface area contributed by atoms with Crippen LogP contribution < -0.4 is 0 Å². The molecule has 0 saturated heterocycles. The van der Waals surface area contributed by atoms with Crippen LogP contribution >= 0.6 is 0 Å². The molecule has 4 aromatic carbocycles.